The summed E-state index contributed by atoms with van der Waals surface area (Å²) in [6.45, 7) is 0.508. The van der Waals surface area contributed by atoms with Gasteiger partial charge < -0.3 is 16.2 Å². The van der Waals surface area contributed by atoms with Gasteiger partial charge in [0.2, 0.25) is 5.78 Å². The molecule has 0 spiro atoms. The molecule has 0 fully saturated rings. The summed E-state index contributed by atoms with van der Waals surface area (Å²) < 4.78 is -2.03. The largest absolute Gasteiger partial charge is 0.480 e. The van der Waals surface area contributed by atoms with Crippen molar-refractivity contribution in [2.24, 2.45) is 5.73 Å². The lowest BCUT2D eigenvalue weighted by Gasteiger charge is -2.12. The Hall–Kier alpha value is -0.490. The fourth-order valence-corrected chi connectivity index (χ4v) is 1.29. The third kappa shape index (κ3) is 7.76. The van der Waals surface area contributed by atoms with Gasteiger partial charge in [-0.2, -0.15) is 0 Å². The molecule has 0 aliphatic heterocycles. The molecule has 0 aliphatic rings. The van der Waals surface area contributed by atoms with E-state index in [1.165, 1.54) is 6.20 Å². The number of hydrogen-bond donors (Lipinski definition) is 3. The fraction of sp³-hybridized carbons (Fsp3) is 0.600. The number of allylic oxidation sites excluding steroid dienone is 1. The Morgan fingerprint density at radius 1 is 1.33 bits per heavy atom. The van der Waals surface area contributed by atoms with Crippen molar-refractivity contribution in [3.8, 4) is 0 Å². The number of ketones is 1. The molecule has 0 amide bonds. The average molecular weight is 318 g/mol. The summed E-state index contributed by atoms with van der Waals surface area (Å²) in [6.07, 6.45) is 3.98. The zero-order valence-corrected chi connectivity index (χ0v) is 11.8. The number of alkyl halides is 3. The second-order valence-electron chi connectivity index (χ2n) is 3.54. The molecule has 0 saturated heterocycles. The molecule has 5 nitrogen and oxygen atoms in total. The van der Waals surface area contributed by atoms with Crippen LogP contribution in [0.1, 0.15) is 19.3 Å². The molecular weight excluding hydrogens is 302 g/mol. The molecule has 1 unspecified atom stereocenters. The van der Waals surface area contributed by atoms with Crippen LogP contribution in [-0.4, -0.2) is 33.2 Å². The van der Waals surface area contributed by atoms with E-state index in [9.17, 15) is 9.59 Å². The number of aliphatic carboxylic acids is 1. The van der Waals surface area contributed by atoms with Crippen molar-refractivity contribution in [3.05, 3.63) is 12.3 Å². The molecule has 1 atom stereocenters. The smallest absolute Gasteiger partial charge is 0.326 e. The topological polar surface area (TPSA) is 92.4 Å². The predicted molar refractivity (Wildman–Crippen MR) is 71.9 cm³/mol. The highest BCUT2D eigenvalue weighted by atomic mass is 35.6. The summed E-state index contributed by atoms with van der Waals surface area (Å²) in [4.78, 5) is 22.1. The highest BCUT2D eigenvalue weighted by molar-refractivity contribution is 6.77. The lowest BCUT2D eigenvalue weighted by molar-refractivity contribution is -0.139. The van der Waals surface area contributed by atoms with E-state index in [2.05, 4.69) is 5.32 Å². The van der Waals surface area contributed by atoms with Crippen LogP contribution in [-0.2, 0) is 9.59 Å². The normalized spacial score (nSPS) is 13.6. The minimum absolute atomic E-state index is 0.402. The van der Waals surface area contributed by atoms with Gasteiger partial charge in [0.05, 0.1) is 0 Å². The van der Waals surface area contributed by atoms with Gasteiger partial charge in [0, 0.05) is 12.3 Å². The van der Waals surface area contributed by atoms with Crippen LogP contribution in [0, 0.1) is 0 Å². The van der Waals surface area contributed by atoms with Crippen molar-refractivity contribution >= 4 is 46.6 Å². The molecular formula is C10H15Cl3N2O3. The number of carbonyl (C=O) groups excluding carboxylic acids is 1. The molecule has 0 bridgehead atoms. The van der Waals surface area contributed by atoms with E-state index in [0.29, 0.717) is 19.4 Å². The van der Waals surface area contributed by atoms with E-state index in [1.54, 1.807) is 0 Å². The molecule has 18 heavy (non-hydrogen) atoms. The monoisotopic (exact) mass is 316 g/mol. The Morgan fingerprint density at radius 2 is 1.94 bits per heavy atom. The Kier molecular flexibility index (Phi) is 8.35. The van der Waals surface area contributed by atoms with Crippen molar-refractivity contribution in [2.75, 3.05) is 6.54 Å². The third-order valence-electron chi connectivity index (χ3n) is 2.06. The summed E-state index contributed by atoms with van der Waals surface area (Å²) in [5, 5.41) is 11.5. The van der Waals surface area contributed by atoms with E-state index in [0.717, 1.165) is 12.5 Å². The second-order valence-corrected chi connectivity index (χ2v) is 5.82. The van der Waals surface area contributed by atoms with Crippen molar-refractivity contribution < 1.29 is 14.7 Å². The highest BCUT2D eigenvalue weighted by Gasteiger charge is 2.28. The molecule has 0 aromatic carbocycles. The van der Waals surface area contributed by atoms with Crippen LogP contribution in [0.25, 0.3) is 0 Å². The molecule has 0 rings (SSSR count). The molecule has 104 valence electrons. The van der Waals surface area contributed by atoms with Crippen LogP contribution in [0.4, 0.5) is 0 Å². The maximum absolute atomic E-state index is 11.2. The first kappa shape index (κ1) is 17.5. The molecule has 0 radical (unpaired) electrons. The molecule has 8 heteroatoms. The quantitative estimate of drug-likeness (QED) is 0.359. The first-order valence-corrected chi connectivity index (χ1v) is 6.39. The van der Waals surface area contributed by atoms with Gasteiger partial charge in [0.1, 0.15) is 6.04 Å². The van der Waals surface area contributed by atoms with Gasteiger partial charge in [-0.3, -0.25) is 4.79 Å². The first-order chi connectivity index (χ1) is 8.29. The van der Waals surface area contributed by atoms with E-state index in [1.807, 2.05) is 0 Å². The van der Waals surface area contributed by atoms with Gasteiger partial charge in [-0.15, -0.1) is 0 Å². The SMILES string of the molecule is NCCCCC(N/C=C\C(=O)C(Cl)(Cl)Cl)C(=O)O. The number of nitrogens with one attached hydrogen (secondary N) is 1. The number of rotatable bonds is 8. The molecule has 0 heterocycles. The Morgan fingerprint density at radius 3 is 2.39 bits per heavy atom. The standard InChI is InChI=1S/C10H15Cl3N2O3/c11-10(12,13)8(16)4-6-15-7(9(17)18)3-1-2-5-14/h4,6-7,15H,1-3,5,14H2,(H,17,18)/b6-4-. The van der Waals surface area contributed by atoms with Crippen molar-refractivity contribution in [1.82, 2.24) is 5.32 Å². The summed E-state index contributed by atoms with van der Waals surface area (Å²) in [7, 11) is 0. The number of carboxylic acid groups (broad SMARTS) is 1. The average Bonchev–Trinajstić information content (AvgIpc) is 2.25. The summed E-state index contributed by atoms with van der Waals surface area (Å²) in [6, 6.07) is -0.795. The second kappa shape index (κ2) is 8.58. The fourth-order valence-electron chi connectivity index (χ4n) is 1.11. The van der Waals surface area contributed by atoms with Crippen LogP contribution >= 0.6 is 34.8 Å². The van der Waals surface area contributed by atoms with E-state index in [4.69, 9.17) is 45.6 Å². The van der Waals surface area contributed by atoms with Crippen molar-refractivity contribution in [3.63, 3.8) is 0 Å². The molecule has 4 N–H and O–H groups in total. The summed E-state index contributed by atoms with van der Waals surface area (Å²) >= 11 is 16.0. The Bertz CT molecular complexity index is 316. The van der Waals surface area contributed by atoms with Gasteiger partial charge >= 0.3 is 5.97 Å². The van der Waals surface area contributed by atoms with E-state index >= 15 is 0 Å². The minimum atomic E-state index is -2.03. The zero-order chi connectivity index (χ0) is 14.2. The van der Waals surface area contributed by atoms with E-state index in [-0.39, 0.29) is 0 Å². The number of carboxylic acids is 1. The molecule has 0 aromatic heterocycles. The van der Waals surface area contributed by atoms with Gasteiger partial charge in [0.15, 0.2) is 0 Å². The number of nitrogens with two attached hydrogens (primary N) is 1. The van der Waals surface area contributed by atoms with Gasteiger partial charge in [-0.1, -0.05) is 34.8 Å². The number of hydrogen-bond acceptors (Lipinski definition) is 4. The number of unbranched alkanes of at least 4 members (excludes halogenated alkanes) is 1. The highest BCUT2D eigenvalue weighted by Crippen LogP contribution is 2.27. The predicted octanol–water partition coefficient (Wildman–Crippen LogP) is 1.61. The minimum Gasteiger partial charge on any atom is -0.480 e. The molecule has 0 aliphatic carbocycles. The van der Waals surface area contributed by atoms with E-state index < -0.39 is 21.6 Å². The Balaban J connectivity index is 4.23. The first-order valence-electron chi connectivity index (χ1n) is 5.25. The maximum Gasteiger partial charge on any atom is 0.326 e. The van der Waals surface area contributed by atoms with Crippen LogP contribution in [0.5, 0.6) is 0 Å². The number of carbonyl (C=O) groups is 2. The lowest BCUT2D eigenvalue weighted by Crippen LogP contribution is -2.33. The van der Waals surface area contributed by atoms with Gasteiger partial charge in [-0.05, 0) is 25.8 Å². The molecule has 0 aromatic rings. The van der Waals surface area contributed by atoms with Crippen molar-refractivity contribution in [2.45, 2.75) is 29.1 Å². The molecule has 0 saturated carbocycles. The maximum atomic E-state index is 11.2. The van der Waals surface area contributed by atoms with Crippen LogP contribution in [0.15, 0.2) is 12.3 Å². The Labute approximate surface area is 120 Å². The lowest BCUT2D eigenvalue weighted by atomic mass is 10.1. The van der Waals surface area contributed by atoms with Crippen LogP contribution in [0.3, 0.4) is 0 Å². The van der Waals surface area contributed by atoms with Crippen LogP contribution in [0.2, 0.25) is 0 Å². The van der Waals surface area contributed by atoms with Crippen molar-refractivity contribution in [1.29, 1.82) is 0 Å². The summed E-state index contributed by atoms with van der Waals surface area (Å²) in [5.41, 5.74) is 5.31. The van der Waals surface area contributed by atoms with Gasteiger partial charge in [-0.25, -0.2) is 4.79 Å². The summed E-state index contributed by atoms with van der Waals surface area (Å²) in [5.74, 6) is -1.76. The van der Waals surface area contributed by atoms with Crippen LogP contribution < -0.4 is 11.1 Å². The third-order valence-corrected chi connectivity index (χ3v) is 2.62. The van der Waals surface area contributed by atoms with Gasteiger partial charge in [0.25, 0.3) is 3.79 Å². The number of halogens is 3. The zero-order valence-electron chi connectivity index (χ0n) is 9.54.